The van der Waals surface area contributed by atoms with E-state index in [2.05, 4.69) is 33.4 Å². The van der Waals surface area contributed by atoms with Crippen molar-refractivity contribution >= 4 is 50.9 Å². The molecule has 0 aromatic heterocycles. The Hall–Kier alpha value is -1.66. The maximum Gasteiger partial charge on any atom is 0.244 e. The molecule has 0 spiro atoms. The van der Waals surface area contributed by atoms with E-state index in [0.717, 1.165) is 15.8 Å². The van der Waals surface area contributed by atoms with E-state index in [0.29, 0.717) is 22.5 Å². The molecule has 5 nitrogen and oxygen atoms in total. The number of hydrogen-bond acceptors (Lipinski definition) is 3. The van der Waals surface area contributed by atoms with Gasteiger partial charge in [0.25, 0.3) is 0 Å². The lowest BCUT2D eigenvalue weighted by atomic mass is 9.63. The summed E-state index contributed by atoms with van der Waals surface area (Å²) >= 11 is 9.32. The number of amides is 3. The molecule has 3 fully saturated rings. The van der Waals surface area contributed by atoms with E-state index >= 15 is 0 Å². The molecule has 1 aromatic rings. The van der Waals surface area contributed by atoms with Crippen molar-refractivity contribution in [3.63, 3.8) is 0 Å². The Bertz CT molecular complexity index is 850. The van der Waals surface area contributed by atoms with Crippen molar-refractivity contribution in [3.05, 3.63) is 39.8 Å². The average molecular weight is 436 g/mol. The van der Waals surface area contributed by atoms with Crippen LogP contribution in [0.4, 0.5) is 5.69 Å². The maximum absolute atomic E-state index is 12.9. The van der Waals surface area contributed by atoms with E-state index in [4.69, 9.17) is 11.6 Å². The van der Waals surface area contributed by atoms with Crippen LogP contribution in [0.15, 0.2) is 34.8 Å². The van der Waals surface area contributed by atoms with Gasteiger partial charge in [-0.05, 0) is 64.2 Å². The molecule has 6 atom stereocenters. The van der Waals surface area contributed by atoms with Crippen molar-refractivity contribution in [2.24, 2.45) is 35.5 Å². The molecule has 1 aromatic carbocycles. The van der Waals surface area contributed by atoms with Crippen LogP contribution in [0.3, 0.4) is 0 Å². The molecule has 0 radical (unpaired) electrons. The number of allylic oxidation sites excluding steroid dienone is 2. The van der Waals surface area contributed by atoms with Crippen LogP contribution >= 0.6 is 27.5 Å². The fraction of sp³-hybridized carbons (Fsp3) is 0.421. The normalized spacial score (nSPS) is 36.2. The van der Waals surface area contributed by atoms with Gasteiger partial charge in [0.15, 0.2) is 0 Å². The Labute approximate surface area is 163 Å². The molecule has 3 amide bonds. The molecule has 2 bridgehead atoms. The minimum atomic E-state index is -0.394. The van der Waals surface area contributed by atoms with E-state index in [1.54, 1.807) is 18.2 Å². The number of carbonyl (C=O) groups excluding carboxylic acids is 3. The minimum absolute atomic E-state index is 0.171. The number of nitrogens with zero attached hydrogens (tertiary/aromatic N) is 1. The largest absolute Gasteiger partial charge is 0.324 e. The summed E-state index contributed by atoms with van der Waals surface area (Å²) in [5.41, 5.74) is 0.530. The lowest BCUT2D eigenvalue weighted by Gasteiger charge is -2.37. The van der Waals surface area contributed by atoms with Crippen LogP contribution in [0.1, 0.15) is 6.42 Å². The summed E-state index contributed by atoms with van der Waals surface area (Å²) in [6.07, 6.45) is 5.37. The molecule has 1 heterocycles. The van der Waals surface area contributed by atoms with E-state index in [-0.39, 0.29) is 42.0 Å². The smallest absolute Gasteiger partial charge is 0.244 e. The molecular formula is C19H16BrClN2O3. The SMILES string of the molecule is O=C(CN1C(=O)[C@@H]2[C@@H]3C=C[C@H]([C@H]4C[C@H]34)[C@@H]2C1=O)Nc1ccc(Br)c(Cl)c1. The third-order valence-electron chi connectivity index (χ3n) is 6.26. The molecule has 4 aliphatic carbocycles. The Morgan fingerprint density at radius 1 is 1.15 bits per heavy atom. The van der Waals surface area contributed by atoms with Crippen LogP contribution in [-0.2, 0) is 14.4 Å². The van der Waals surface area contributed by atoms with Crippen LogP contribution in [0.2, 0.25) is 5.02 Å². The van der Waals surface area contributed by atoms with Crippen molar-refractivity contribution in [2.45, 2.75) is 6.42 Å². The summed E-state index contributed by atoms with van der Waals surface area (Å²) in [7, 11) is 0. The second kappa shape index (κ2) is 5.67. The first-order valence-corrected chi connectivity index (χ1v) is 9.91. The van der Waals surface area contributed by atoms with Gasteiger partial charge in [0, 0.05) is 10.2 Å². The zero-order chi connectivity index (χ0) is 18.2. The molecule has 1 aliphatic heterocycles. The maximum atomic E-state index is 12.9. The molecule has 1 saturated heterocycles. The fourth-order valence-corrected chi connectivity index (χ4v) is 5.52. The Morgan fingerprint density at radius 3 is 2.35 bits per heavy atom. The molecule has 134 valence electrons. The Balaban J connectivity index is 1.32. The van der Waals surface area contributed by atoms with Crippen LogP contribution < -0.4 is 5.32 Å². The highest BCUT2D eigenvalue weighted by Crippen LogP contribution is 2.65. The molecule has 26 heavy (non-hydrogen) atoms. The monoisotopic (exact) mass is 434 g/mol. The highest BCUT2D eigenvalue weighted by Gasteiger charge is 2.67. The molecular weight excluding hydrogens is 420 g/mol. The van der Waals surface area contributed by atoms with E-state index in [9.17, 15) is 14.4 Å². The van der Waals surface area contributed by atoms with Gasteiger partial charge in [0.05, 0.1) is 16.9 Å². The van der Waals surface area contributed by atoms with Crippen LogP contribution in [0, 0.1) is 35.5 Å². The van der Waals surface area contributed by atoms with Gasteiger partial charge in [-0.1, -0.05) is 23.8 Å². The van der Waals surface area contributed by atoms with Crippen LogP contribution in [-0.4, -0.2) is 29.2 Å². The highest BCUT2D eigenvalue weighted by molar-refractivity contribution is 9.10. The van der Waals surface area contributed by atoms with Gasteiger partial charge in [-0.2, -0.15) is 0 Å². The lowest BCUT2D eigenvalue weighted by Crippen LogP contribution is -2.40. The summed E-state index contributed by atoms with van der Waals surface area (Å²) in [5.74, 6) is 0.155. The number of hydrogen-bond donors (Lipinski definition) is 1. The number of anilines is 1. The van der Waals surface area contributed by atoms with Gasteiger partial charge in [0.2, 0.25) is 17.7 Å². The van der Waals surface area contributed by atoms with Gasteiger partial charge >= 0.3 is 0 Å². The van der Waals surface area contributed by atoms with Crippen molar-refractivity contribution in [2.75, 3.05) is 11.9 Å². The third-order valence-corrected chi connectivity index (χ3v) is 7.49. The first-order valence-electron chi connectivity index (χ1n) is 8.74. The lowest BCUT2D eigenvalue weighted by molar-refractivity contribution is -0.142. The summed E-state index contributed by atoms with van der Waals surface area (Å²) in [6.45, 7) is -0.243. The first-order chi connectivity index (χ1) is 12.5. The number of carbonyl (C=O) groups is 3. The van der Waals surface area contributed by atoms with Gasteiger partial charge in [-0.15, -0.1) is 0 Å². The van der Waals surface area contributed by atoms with Crippen LogP contribution in [0.5, 0.6) is 0 Å². The van der Waals surface area contributed by atoms with Gasteiger partial charge in [-0.25, -0.2) is 0 Å². The average Bonchev–Trinajstić information content (AvgIpc) is 3.39. The number of imide groups is 1. The zero-order valence-electron chi connectivity index (χ0n) is 13.7. The van der Waals surface area contributed by atoms with Gasteiger partial charge in [0.1, 0.15) is 6.54 Å². The molecule has 0 unspecified atom stereocenters. The molecule has 6 rings (SSSR count). The summed E-state index contributed by atoms with van der Waals surface area (Å²) < 4.78 is 0.729. The zero-order valence-corrected chi connectivity index (χ0v) is 16.0. The fourth-order valence-electron chi connectivity index (χ4n) is 5.09. The Kier molecular flexibility index (Phi) is 3.60. The Morgan fingerprint density at radius 2 is 1.77 bits per heavy atom. The van der Waals surface area contributed by atoms with Gasteiger partial charge in [-0.3, -0.25) is 19.3 Å². The van der Waals surface area contributed by atoms with Crippen molar-refractivity contribution in [1.82, 2.24) is 4.90 Å². The number of nitrogens with one attached hydrogen (secondary N) is 1. The van der Waals surface area contributed by atoms with E-state index in [1.165, 1.54) is 0 Å². The number of benzene rings is 1. The number of halogens is 2. The summed E-state index contributed by atoms with van der Waals surface area (Å²) in [5, 5.41) is 3.18. The quantitative estimate of drug-likeness (QED) is 0.586. The molecule has 7 heteroatoms. The van der Waals surface area contributed by atoms with Crippen LogP contribution in [0.25, 0.3) is 0 Å². The van der Waals surface area contributed by atoms with E-state index < -0.39 is 5.91 Å². The predicted octanol–water partition coefficient (Wildman–Crippen LogP) is 3.09. The summed E-state index contributed by atoms with van der Waals surface area (Å²) in [6, 6.07) is 5.06. The summed E-state index contributed by atoms with van der Waals surface area (Å²) in [4.78, 5) is 39.3. The van der Waals surface area contributed by atoms with Crippen molar-refractivity contribution in [1.29, 1.82) is 0 Å². The molecule has 2 saturated carbocycles. The second-order valence-corrected chi connectivity index (χ2v) is 8.86. The predicted molar refractivity (Wildman–Crippen MR) is 99.2 cm³/mol. The van der Waals surface area contributed by atoms with Gasteiger partial charge < -0.3 is 5.32 Å². The van der Waals surface area contributed by atoms with Crippen molar-refractivity contribution < 1.29 is 14.4 Å². The third kappa shape index (κ3) is 2.31. The van der Waals surface area contributed by atoms with Crippen molar-refractivity contribution in [3.8, 4) is 0 Å². The minimum Gasteiger partial charge on any atom is -0.324 e. The first kappa shape index (κ1) is 16.5. The standard InChI is InChI=1S/C19H16BrClN2O3/c20-13-4-1-8(5-14(13)21)22-15(24)7-23-18(25)16-9-2-3-10(12-6-11(9)12)17(16)19(23)26/h1-5,9-12,16-17H,6-7H2,(H,22,24)/t9-,10-,11-,12-,16-,17+/m1/s1. The second-order valence-electron chi connectivity index (χ2n) is 7.59. The molecule has 1 N–H and O–H groups in total. The number of likely N-dealkylation sites (tertiary alicyclic amines) is 1. The number of rotatable bonds is 3. The topological polar surface area (TPSA) is 66.5 Å². The highest BCUT2D eigenvalue weighted by atomic mass is 79.9. The molecule has 5 aliphatic rings. The van der Waals surface area contributed by atoms with E-state index in [1.807, 2.05) is 0 Å².